The van der Waals surface area contributed by atoms with Crippen LogP contribution in [-0.4, -0.2) is 17.9 Å². The SMILES string of the molecule is CC1Cc2ccccc2N1/C=C1\C(=O)N(c2ccccc2C(F)(F)F)C(=O)c2ccccc21. The van der Waals surface area contributed by atoms with E-state index < -0.39 is 29.2 Å². The van der Waals surface area contributed by atoms with Gasteiger partial charge in [0.25, 0.3) is 11.8 Å². The topological polar surface area (TPSA) is 40.6 Å². The van der Waals surface area contributed by atoms with E-state index in [2.05, 4.69) is 0 Å². The van der Waals surface area contributed by atoms with Crippen LogP contribution in [0.3, 0.4) is 0 Å². The van der Waals surface area contributed by atoms with E-state index in [-0.39, 0.29) is 17.2 Å². The molecule has 0 spiro atoms. The fourth-order valence-electron chi connectivity index (χ4n) is 4.53. The fraction of sp³-hybridized carbons (Fsp3) is 0.154. The molecule has 1 unspecified atom stereocenters. The molecule has 1 atom stereocenters. The monoisotopic (exact) mass is 448 g/mol. The largest absolute Gasteiger partial charge is 0.418 e. The second-order valence-electron chi connectivity index (χ2n) is 8.14. The Kier molecular flexibility index (Phi) is 4.85. The van der Waals surface area contributed by atoms with Gasteiger partial charge in [-0.2, -0.15) is 13.2 Å². The molecule has 0 aromatic heterocycles. The molecule has 0 radical (unpaired) electrons. The lowest BCUT2D eigenvalue weighted by molar-refractivity contribution is -0.137. The number of rotatable bonds is 2. The molecule has 4 nitrogen and oxygen atoms in total. The predicted octanol–water partition coefficient (Wildman–Crippen LogP) is 5.68. The van der Waals surface area contributed by atoms with Gasteiger partial charge in [-0.15, -0.1) is 0 Å². The summed E-state index contributed by atoms with van der Waals surface area (Å²) in [4.78, 5) is 29.5. The minimum atomic E-state index is -4.72. The van der Waals surface area contributed by atoms with E-state index in [0.29, 0.717) is 10.5 Å². The van der Waals surface area contributed by atoms with Crippen LogP contribution in [-0.2, 0) is 17.4 Å². The predicted molar refractivity (Wildman–Crippen MR) is 120 cm³/mol. The number of carbonyl (C=O) groups is 2. The second-order valence-corrected chi connectivity index (χ2v) is 8.14. The molecule has 166 valence electrons. The average Bonchev–Trinajstić information content (AvgIpc) is 3.11. The summed E-state index contributed by atoms with van der Waals surface area (Å²) >= 11 is 0. The summed E-state index contributed by atoms with van der Waals surface area (Å²) in [6.45, 7) is 2.01. The molecule has 0 saturated carbocycles. The van der Waals surface area contributed by atoms with Crippen LogP contribution in [0, 0.1) is 0 Å². The van der Waals surface area contributed by atoms with Gasteiger partial charge < -0.3 is 4.90 Å². The first-order valence-corrected chi connectivity index (χ1v) is 10.5. The van der Waals surface area contributed by atoms with E-state index in [1.54, 1.807) is 24.4 Å². The normalized spacial score (nSPS) is 19.2. The van der Waals surface area contributed by atoms with Gasteiger partial charge in [-0.1, -0.05) is 48.5 Å². The van der Waals surface area contributed by atoms with E-state index in [0.717, 1.165) is 29.8 Å². The van der Waals surface area contributed by atoms with Gasteiger partial charge in [0.2, 0.25) is 0 Å². The Labute approximate surface area is 188 Å². The summed E-state index contributed by atoms with van der Waals surface area (Å²) in [6.07, 6.45) is -2.29. The third-order valence-electron chi connectivity index (χ3n) is 6.06. The van der Waals surface area contributed by atoms with Gasteiger partial charge in [0, 0.05) is 29.1 Å². The summed E-state index contributed by atoms with van der Waals surface area (Å²) in [5.74, 6) is -1.56. The molecule has 2 heterocycles. The van der Waals surface area contributed by atoms with Crippen molar-refractivity contribution >= 4 is 28.8 Å². The van der Waals surface area contributed by atoms with Gasteiger partial charge >= 0.3 is 6.18 Å². The Bertz CT molecular complexity index is 1310. The molecule has 2 amide bonds. The zero-order valence-corrected chi connectivity index (χ0v) is 17.6. The quantitative estimate of drug-likeness (QED) is 0.374. The van der Waals surface area contributed by atoms with Crippen molar-refractivity contribution in [2.75, 3.05) is 9.80 Å². The number of fused-ring (bicyclic) bond motifs is 2. The lowest BCUT2D eigenvalue weighted by Crippen LogP contribution is -2.43. The van der Waals surface area contributed by atoms with Gasteiger partial charge in [0.15, 0.2) is 0 Å². The summed E-state index contributed by atoms with van der Waals surface area (Å²) in [6, 6.07) is 19.0. The van der Waals surface area contributed by atoms with Crippen molar-refractivity contribution in [2.24, 2.45) is 0 Å². The highest BCUT2D eigenvalue weighted by molar-refractivity contribution is 6.41. The van der Waals surface area contributed by atoms with E-state index in [1.807, 2.05) is 36.1 Å². The van der Waals surface area contributed by atoms with Gasteiger partial charge in [0.05, 0.1) is 16.8 Å². The van der Waals surface area contributed by atoms with Crippen LogP contribution in [0.5, 0.6) is 0 Å². The number of benzene rings is 3. The first kappa shape index (κ1) is 21.0. The van der Waals surface area contributed by atoms with Gasteiger partial charge in [-0.05, 0) is 43.2 Å². The highest BCUT2D eigenvalue weighted by Crippen LogP contribution is 2.41. The van der Waals surface area contributed by atoms with Crippen LogP contribution in [0.2, 0.25) is 0 Å². The van der Waals surface area contributed by atoms with Crippen LogP contribution < -0.4 is 9.80 Å². The molecule has 2 aliphatic heterocycles. The Morgan fingerprint density at radius 2 is 1.42 bits per heavy atom. The molecule has 0 N–H and O–H groups in total. The second kappa shape index (κ2) is 7.62. The molecule has 33 heavy (non-hydrogen) atoms. The molecule has 3 aromatic rings. The van der Waals surface area contributed by atoms with Crippen LogP contribution in [0.25, 0.3) is 5.57 Å². The van der Waals surface area contributed by atoms with Crippen molar-refractivity contribution in [1.82, 2.24) is 0 Å². The number of para-hydroxylation sites is 2. The molecule has 0 saturated heterocycles. The molecule has 2 aliphatic rings. The van der Waals surface area contributed by atoms with Crippen molar-refractivity contribution < 1.29 is 22.8 Å². The smallest absolute Gasteiger partial charge is 0.344 e. The molecule has 0 fully saturated rings. The maximum Gasteiger partial charge on any atom is 0.418 e. The summed E-state index contributed by atoms with van der Waals surface area (Å²) in [7, 11) is 0. The number of hydrogen-bond donors (Lipinski definition) is 0. The number of anilines is 2. The van der Waals surface area contributed by atoms with Gasteiger partial charge in [0.1, 0.15) is 0 Å². The lowest BCUT2D eigenvalue weighted by atomic mass is 9.93. The maximum atomic E-state index is 13.7. The van der Waals surface area contributed by atoms with Crippen LogP contribution >= 0.6 is 0 Å². The zero-order chi connectivity index (χ0) is 23.3. The van der Waals surface area contributed by atoms with E-state index in [1.165, 1.54) is 18.2 Å². The minimum Gasteiger partial charge on any atom is -0.344 e. The van der Waals surface area contributed by atoms with Gasteiger partial charge in [-0.3, -0.25) is 9.59 Å². The van der Waals surface area contributed by atoms with E-state index >= 15 is 0 Å². The van der Waals surface area contributed by atoms with Crippen LogP contribution in [0.4, 0.5) is 24.5 Å². The first-order valence-electron chi connectivity index (χ1n) is 10.5. The molecule has 0 aliphatic carbocycles. The Hall–Kier alpha value is -3.87. The number of carbonyl (C=O) groups excluding carboxylic acids is 2. The minimum absolute atomic E-state index is 0.0448. The van der Waals surface area contributed by atoms with Crippen LogP contribution in [0.1, 0.15) is 34.0 Å². The Morgan fingerprint density at radius 3 is 2.15 bits per heavy atom. The van der Waals surface area contributed by atoms with Crippen molar-refractivity contribution in [3.05, 3.63) is 101 Å². The van der Waals surface area contributed by atoms with Crippen molar-refractivity contribution in [3.63, 3.8) is 0 Å². The third-order valence-corrected chi connectivity index (χ3v) is 6.06. The van der Waals surface area contributed by atoms with Crippen molar-refractivity contribution in [2.45, 2.75) is 25.6 Å². The van der Waals surface area contributed by atoms with Crippen LogP contribution in [0.15, 0.2) is 79.0 Å². The molecule has 5 rings (SSSR count). The molecule has 7 heteroatoms. The highest BCUT2D eigenvalue weighted by Gasteiger charge is 2.42. The van der Waals surface area contributed by atoms with Crippen molar-refractivity contribution in [3.8, 4) is 0 Å². The molecular weight excluding hydrogens is 429 g/mol. The highest BCUT2D eigenvalue weighted by atomic mass is 19.4. The zero-order valence-electron chi connectivity index (χ0n) is 17.6. The number of imide groups is 1. The summed E-state index contributed by atoms with van der Waals surface area (Å²) in [5, 5.41) is 0. The number of nitrogens with zero attached hydrogens (tertiary/aromatic N) is 2. The van der Waals surface area contributed by atoms with Gasteiger partial charge in [-0.25, -0.2) is 4.90 Å². The number of halogens is 3. The van der Waals surface area contributed by atoms with E-state index in [9.17, 15) is 22.8 Å². The Morgan fingerprint density at radius 1 is 0.818 bits per heavy atom. The first-order chi connectivity index (χ1) is 15.8. The number of alkyl halides is 3. The third kappa shape index (κ3) is 3.40. The molecule has 3 aromatic carbocycles. The molecular formula is C26H19F3N2O2. The lowest BCUT2D eigenvalue weighted by Gasteiger charge is -2.31. The number of hydrogen-bond acceptors (Lipinski definition) is 3. The summed E-state index contributed by atoms with van der Waals surface area (Å²) in [5.41, 5.74) is 1.30. The molecule has 0 bridgehead atoms. The standard InChI is InChI=1S/C26H19F3N2O2/c1-16-14-17-8-2-6-12-22(17)30(16)15-20-18-9-3-4-10-19(18)24(32)31(25(20)33)23-13-7-5-11-21(23)26(27,28)29/h2-13,15-16H,14H2,1H3/b20-15-. The summed E-state index contributed by atoms with van der Waals surface area (Å²) < 4.78 is 41.2. The maximum absolute atomic E-state index is 13.7. The van der Waals surface area contributed by atoms with E-state index in [4.69, 9.17) is 0 Å². The van der Waals surface area contributed by atoms with Crippen molar-refractivity contribution in [1.29, 1.82) is 0 Å². The fourth-order valence-corrected chi connectivity index (χ4v) is 4.53. The number of amides is 2. The Balaban J connectivity index is 1.70. The average molecular weight is 448 g/mol.